The summed E-state index contributed by atoms with van der Waals surface area (Å²) in [6.07, 6.45) is -0.769. The number of nitrogens with one attached hydrogen (secondary N) is 1. The van der Waals surface area contributed by atoms with E-state index in [-0.39, 0.29) is 16.3 Å². The molecule has 0 aromatic heterocycles. The van der Waals surface area contributed by atoms with Crippen molar-refractivity contribution in [2.75, 3.05) is 5.32 Å². The number of carboxylic acid groups (broad SMARTS) is 1. The first-order chi connectivity index (χ1) is 9.97. The molecule has 2 aromatic carbocycles. The largest absolute Gasteiger partial charge is 0.478 e. The van der Waals surface area contributed by atoms with Crippen LogP contribution < -0.4 is 10.1 Å². The normalized spacial score (nSPS) is 10.0. The van der Waals surface area contributed by atoms with Gasteiger partial charge in [-0.1, -0.05) is 29.8 Å². The van der Waals surface area contributed by atoms with Crippen molar-refractivity contribution < 1.29 is 19.4 Å². The van der Waals surface area contributed by atoms with Gasteiger partial charge in [0.15, 0.2) is 0 Å². The van der Waals surface area contributed by atoms with Crippen LogP contribution in [0.15, 0.2) is 42.5 Å². The van der Waals surface area contributed by atoms with Crippen LogP contribution in [0.5, 0.6) is 5.75 Å². The highest BCUT2D eigenvalue weighted by atomic mass is 35.5. The highest BCUT2D eigenvalue weighted by Gasteiger charge is 2.17. The number of benzene rings is 2. The Kier molecular flexibility index (Phi) is 4.45. The maximum absolute atomic E-state index is 11.8. The van der Waals surface area contributed by atoms with E-state index in [1.54, 1.807) is 43.3 Å². The molecule has 0 atom stereocenters. The molecule has 0 saturated heterocycles. The molecular formula is C15H12ClNO4. The van der Waals surface area contributed by atoms with E-state index in [0.717, 1.165) is 0 Å². The molecule has 0 aliphatic rings. The summed E-state index contributed by atoms with van der Waals surface area (Å²) < 4.78 is 5.06. The number of aromatic carboxylic acids is 1. The molecule has 0 saturated carbocycles. The molecule has 0 bridgehead atoms. The van der Waals surface area contributed by atoms with Crippen molar-refractivity contribution in [3.63, 3.8) is 0 Å². The number of aryl methyl sites for hydroxylation is 1. The van der Waals surface area contributed by atoms with Crippen LogP contribution in [-0.4, -0.2) is 17.2 Å². The third-order valence-electron chi connectivity index (χ3n) is 2.71. The maximum Gasteiger partial charge on any atom is 0.417 e. The van der Waals surface area contributed by atoms with Crippen LogP contribution >= 0.6 is 11.6 Å². The minimum Gasteiger partial charge on any atom is -0.478 e. The fourth-order valence-electron chi connectivity index (χ4n) is 1.80. The average molecular weight is 306 g/mol. The molecule has 0 unspecified atom stereocenters. The van der Waals surface area contributed by atoms with Gasteiger partial charge in [-0.05, 0) is 36.8 Å². The molecule has 0 radical (unpaired) electrons. The minimum atomic E-state index is -1.18. The summed E-state index contributed by atoms with van der Waals surface area (Å²) in [5, 5.41) is 11.9. The minimum absolute atomic E-state index is 0.0926. The van der Waals surface area contributed by atoms with Crippen molar-refractivity contribution in [1.29, 1.82) is 0 Å². The van der Waals surface area contributed by atoms with Crippen molar-refractivity contribution in [3.8, 4) is 5.75 Å². The molecule has 0 spiro atoms. The van der Waals surface area contributed by atoms with E-state index < -0.39 is 12.1 Å². The van der Waals surface area contributed by atoms with E-state index in [1.165, 1.54) is 6.07 Å². The SMILES string of the molecule is Cc1cc(Cl)cc(C(=O)O)c1NC(=O)Oc1ccccc1. The first-order valence-corrected chi connectivity index (χ1v) is 6.42. The van der Waals surface area contributed by atoms with Gasteiger partial charge in [-0.3, -0.25) is 5.32 Å². The van der Waals surface area contributed by atoms with Crippen LogP contribution in [0.3, 0.4) is 0 Å². The molecule has 21 heavy (non-hydrogen) atoms. The Balaban J connectivity index is 2.23. The quantitative estimate of drug-likeness (QED) is 0.900. The molecule has 2 rings (SSSR count). The van der Waals surface area contributed by atoms with E-state index in [9.17, 15) is 9.59 Å². The lowest BCUT2D eigenvalue weighted by Crippen LogP contribution is -2.19. The first kappa shape index (κ1) is 14.9. The van der Waals surface area contributed by atoms with Crippen molar-refractivity contribution in [1.82, 2.24) is 0 Å². The molecule has 6 heteroatoms. The molecular weight excluding hydrogens is 294 g/mol. The molecule has 2 N–H and O–H groups in total. The lowest BCUT2D eigenvalue weighted by Gasteiger charge is -2.12. The fourth-order valence-corrected chi connectivity index (χ4v) is 2.07. The second-order valence-corrected chi connectivity index (χ2v) is 4.71. The van der Waals surface area contributed by atoms with Crippen molar-refractivity contribution in [3.05, 3.63) is 58.6 Å². The summed E-state index contributed by atoms with van der Waals surface area (Å²) in [4.78, 5) is 23.0. The Bertz CT molecular complexity index is 686. The van der Waals surface area contributed by atoms with Crippen LogP contribution in [0.4, 0.5) is 10.5 Å². The van der Waals surface area contributed by atoms with Crippen LogP contribution in [0.25, 0.3) is 0 Å². The van der Waals surface area contributed by atoms with Gasteiger partial charge in [0.05, 0.1) is 11.3 Å². The second kappa shape index (κ2) is 6.28. The van der Waals surface area contributed by atoms with E-state index >= 15 is 0 Å². The number of amides is 1. The van der Waals surface area contributed by atoms with Crippen LogP contribution in [-0.2, 0) is 0 Å². The third kappa shape index (κ3) is 3.73. The Morgan fingerprint density at radius 3 is 2.48 bits per heavy atom. The molecule has 0 aliphatic carbocycles. The maximum atomic E-state index is 11.8. The number of halogens is 1. The summed E-state index contributed by atoms with van der Waals surface area (Å²) in [6.45, 7) is 1.65. The highest BCUT2D eigenvalue weighted by Crippen LogP contribution is 2.26. The summed E-state index contributed by atoms with van der Waals surface area (Å²) in [5.74, 6) is -0.825. The average Bonchev–Trinajstić information content (AvgIpc) is 2.42. The standard InChI is InChI=1S/C15H12ClNO4/c1-9-7-10(16)8-12(14(18)19)13(9)17-15(20)21-11-5-3-2-4-6-11/h2-8H,1H3,(H,17,20)(H,18,19). The molecule has 108 valence electrons. The predicted octanol–water partition coefficient (Wildman–Crippen LogP) is 3.96. The summed E-state index contributed by atoms with van der Waals surface area (Å²) >= 11 is 5.83. The number of para-hydroxylation sites is 1. The Hall–Kier alpha value is -2.53. The van der Waals surface area contributed by atoms with E-state index in [4.69, 9.17) is 21.4 Å². The molecule has 5 nitrogen and oxygen atoms in total. The number of rotatable bonds is 3. The predicted molar refractivity (Wildman–Crippen MR) is 79.2 cm³/mol. The smallest absolute Gasteiger partial charge is 0.417 e. The van der Waals surface area contributed by atoms with Gasteiger partial charge in [0.1, 0.15) is 5.75 Å². The van der Waals surface area contributed by atoms with E-state index in [0.29, 0.717) is 11.3 Å². The Morgan fingerprint density at radius 2 is 1.86 bits per heavy atom. The summed E-state index contributed by atoms with van der Waals surface area (Å²) in [7, 11) is 0. The van der Waals surface area contributed by atoms with Crippen LogP contribution in [0.2, 0.25) is 5.02 Å². The Labute approximate surface area is 126 Å². The second-order valence-electron chi connectivity index (χ2n) is 4.28. The van der Waals surface area contributed by atoms with Gasteiger partial charge in [0, 0.05) is 5.02 Å². The van der Waals surface area contributed by atoms with Crippen molar-refractivity contribution in [2.24, 2.45) is 0 Å². The topological polar surface area (TPSA) is 75.6 Å². The summed E-state index contributed by atoms with van der Waals surface area (Å²) in [6, 6.07) is 11.3. The number of hydrogen-bond donors (Lipinski definition) is 2. The van der Waals surface area contributed by atoms with Crippen molar-refractivity contribution >= 4 is 29.4 Å². The fraction of sp³-hybridized carbons (Fsp3) is 0.0667. The monoisotopic (exact) mass is 305 g/mol. The summed E-state index contributed by atoms with van der Waals surface area (Å²) in [5.41, 5.74) is 0.600. The number of carboxylic acids is 1. The van der Waals surface area contributed by atoms with Gasteiger partial charge in [-0.2, -0.15) is 0 Å². The van der Waals surface area contributed by atoms with Crippen LogP contribution in [0.1, 0.15) is 15.9 Å². The van der Waals surface area contributed by atoms with E-state index in [1.807, 2.05) is 0 Å². The number of carbonyl (C=O) groups is 2. The zero-order chi connectivity index (χ0) is 15.4. The van der Waals surface area contributed by atoms with Gasteiger partial charge in [-0.15, -0.1) is 0 Å². The zero-order valence-corrected chi connectivity index (χ0v) is 11.8. The number of carbonyl (C=O) groups excluding carboxylic acids is 1. The van der Waals surface area contributed by atoms with Gasteiger partial charge in [0.25, 0.3) is 0 Å². The van der Waals surface area contributed by atoms with Gasteiger partial charge in [-0.25, -0.2) is 9.59 Å². The molecule has 0 aliphatic heterocycles. The van der Waals surface area contributed by atoms with Gasteiger partial charge < -0.3 is 9.84 Å². The molecule has 0 heterocycles. The molecule has 2 aromatic rings. The molecule has 0 fully saturated rings. The Morgan fingerprint density at radius 1 is 1.19 bits per heavy atom. The zero-order valence-electron chi connectivity index (χ0n) is 11.1. The van der Waals surface area contributed by atoms with Gasteiger partial charge >= 0.3 is 12.1 Å². The highest BCUT2D eigenvalue weighted by molar-refractivity contribution is 6.31. The first-order valence-electron chi connectivity index (χ1n) is 6.04. The van der Waals surface area contributed by atoms with E-state index in [2.05, 4.69) is 5.32 Å². The number of ether oxygens (including phenoxy) is 1. The molecule has 1 amide bonds. The van der Waals surface area contributed by atoms with Crippen molar-refractivity contribution in [2.45, 2.75) is 6.92 Å². The number of hydrogen-bond acceptors (Lipinski definition) is 3. The van der Waals surface area contributed by atoms with Crippen LogP contribution in [0, 0.1) is 6.92 Å². The third-order valence-corrected chi connectivity index (χ3v) is 2.93. The number of anilines is 1. The lowest BCUT2D eigenvalue weighted by atomic mass is 10.1. The van der Waals surface area contributed by atoms with Gasteiger partial charge in [0.2, 0.25) is 0 Å². The lowest BCUT2D eigenvalue weighted by molar-refractivity contribution is 0.0698.